The van der Waals surface area contributed by atoms with Crippen LogP contribution in [0.15, 0.2) is 30.3 Å². The van der Waals surface area contributed by atoms with Crippen molar-refractivity contribution in [3.8, 4) is 0 Å². The lowest BCUT2D eigenvalue weighted by Crippen LogP contribution is -2.53. The Bertz CT molecular complexity index is 672. The van der Waals surface area contributed by atoms with Gasteiger partial charge in [-0.3, -0.25) is 19.3 Å². The maximum Gasteiger partial charge on any atom is 0.320 e. The first-order valence-corrected chi connectivity index (χ1v) is 10.2. The Morgan fingerprint density at radius 2 is 1.60 bits per heavy atom. The first kappa shape index (κ1) is 25.6. The molecule has 1 rings (SSSR count). The maximum absolute atomic E-state index is 12.7. The second-order valence-corrected chi connectivity index (χ2v) is 7.69. The SMILES string of the molecule is CCNC(=O)C(COC(C)(C)C)N(CC(=O)OCC)CC(=O)OCc1ccccc1. The monoisotopic (exact) mass is 422 g/mol. The van der Waals surface area contributed by atoms with Gasteiger partial charge in [-0.05, 0) is 40.2 Å². The molecule has 0 radical (unpaired) electrons. The van der Waals surface area contributed by atoms with Crippen molar-refractivity contribution in [2.45, 2.75) is 52.9 Å². The fraction of sp³-hybridized carbons (Fsp3) is 0.591. The Labute approximate surface area is 178 Å². The van der Waals surface area contributed by atoms with Gasteiger partial charge in [0.1, 0.15) is 12.6 Å². The molecule has 0 heterocycles. The van der Waals surface area contributed by atoms with E-state index >= 15 is 0 Å². The van der Waals surface area contributed by atoms with Crippen LogP contribution >= 0.6 is 0 Å². The van der Waals surface area contributed by atoms with E-state index in [1.807, 2.05) is 51.1 Å². The van der Waals surface area contributed by atoms with E-state index in [-0.39, 0.29) is 38.8 Å². The fourth-order valence-corrected chi connectivity index (χ4v) is 2.57. The van der Waals surface area contributed by atoms with Crippen LogP contribution in [0.1, 0.15) is 40.2 Å². The predicted octanol–water partition coefficient (Wildman–Crippen LogP) is 1.91. The molecular weight excluding hydrogens is 388 g/mol. The summed E-state index contributed by atoms with van der Waals surface area (Å²) in [6.07, 6.45) is 0. The minimum Gasteiger partial charge on any atom is -0.465 e. The van der Waals surface area contributed by atoms with E-state index in [9.17, 15) is 14.4 Å². The van der Waals surface area contributed by atoms with Crippen molar-refractivity contribution in [3.63, 3.8) is 0 Å². The molecule has 1 unspecified atom stereocenters. The first-order chi connectivity index (χ1) is 14.2. The molecule has 1 amide bonds. The quantitative estimate of drug-likeness (QED) is 0.514. The molecule has 0 aliphatic heterocycles. The lowest BCUT2D eigenvalue weighted by molar-refractivity contribution is -0.152. The minimum atomic E-state index is -0.849. The molecule has 0 bridgehead atoms. The van der Waals surface area contributed by atoms with Gasteiger partial charge >= 0.3 is 11.9 Å². The van der Waals surface area contributed by atoms with Gasteiger partial charge in [-0.25, -0.2) is 0 Å². The lowest BCUT2D eigenvalue weighted by Gasteiger charge is -2.31. The van der Waals surface area contributed by atoms with Crippen molar-refractivity contribution in [1.82, 2.24) is 10.2 Å². The molecule has 1 aromatic carbocycles. The van der Waals surface area contributed by atoms with Gasteiger partial charge in [0.2, 0.25) is 5.91 Å². The van der Waals surface area contributed by atoms with Gasteiger partial charge in [0.25, 0.3) is 0 Å². The van der Waals surface area contributed by atoms with Crippen LogP contribution in [0, 0.1) is 0 Å². The molecule has 30 heavy (non-hydrogen) atoms. The highest BCUT2D eigenvalue weighted by molar-refractivity contribution is 5.84. The number of carbonyl (C=O) groups excluding carboxylic acids is 3. The molecule has 0 saturated heterocycles. The van der Waals surface area contributed by atoms with Crippen molar-refractivity contribution in [2.24, 2.45) is 0 Å². The first-order valence-electron chi connectivity index (χ1n) is 10.2. The molecular formula is C22H34N2O6. The Morgan fingerprint density at radius 1 is 1.00 bits per heavy atom. The molecule has 0 saturated carbocycles. The van der Waals surface area contributed by atoms with Crippen LogP contribution in [-0.4, -0.2) is 67.2 Å². The van der Waals surface area contributed by atoms with Gasteiger partial charge < -0.3 is 19.5 Å². The normalized spacial score (nSPS) is 12.3. The van der Waals surface area contributed by atoms with E-state index in [0.717, 1.165) is 5.56 Å². The van der Waals surface area contributed by atoms with Gasteiger partial charge in [0.05, 0.1) is 31.9 Å². The van der Waals surface area contributed by atoms with Gasteiger partial charge in [0, 0.05) is 6.54 Å². The van der Waals surface area contributed by atoms with E-state index in [4.69, 9.17) is 14.2 Å². The number of amides is 1. The van der Waals surface area contributed by atoms with Crippen LogP contribution in [0.25, 0.3) is 0 Å². The van der Waals surface area contributed by atoms with Gasteiger partial charge in [-0.15, -0.1) is 0 Å². The number of esters is 2. The number of hydrogen-bond acceptors (Lipinski definition) is 7. The number of ether oxygens (including phenoxy) is 3. The Hall–Kier alpha value is -2.45. The fourth-order valence-electron chi connectivity index (χ4n) is 2.57. The number of nitrogens with zero attached hydrogens (tertiary/aromatic N) is 1. The molecule has 0 aromatic heterocycles. The van der Waals surface area contributed by atoms with Crippen molar-refractivity contribution in [2.75, 3.05) is 32.8 Å². The third-order valence-electron chi connectivity index (χ3n) is 3.98. The average Bonchev–Trinajstić information content (AvgIpc) is 2.66. The van der Waals surface area contributed by atoms with Gasteiger partial charge in [-0.1, -0.05) is 30.3 Å². The number of rotatable bonds is 12. The molecule has 0 spiro atoms. The number of carbonyl (C=O) groups is 3. The van der Waals surface area contributed by atoms with Crippen molar-refractivity contribution in [3.05, 3.63) is 35.9 Å². The highest BCUT2D eigenvalue weighted by Gasteiger charge is 2.31. The van der Waals surface area contributed by atoms with E-state index in [0.29, 0.717) is 6.54 Å². The summed E-state index contributed by atoms with van der Waals surface area (Å²) < 4.78 is 16.1. The second-order valence-electron chi connectivity index (χ2n) is 7.69. The molecule has 8 heteroatoms. The molecule has 0 aliphatic rings. The highest BCUT2D eigenvalue weighted by Crippen LogP contribution is 2.11. The average molecular weight is 423 g/mol. The van der Waals surface area contributed by atoms with Crippen LogP contribution in [-0.2, 0) is 35.2 Å². The van der Waals surface area contributed by atoms with Gasteiger partial charge in [-0.2, -0.15) is 0 Å². The molecule has 0 aliphatic carbocycles. The summed E-state index contributed by atoms with van der Waals surface area (Å²) in [4.78, 5) is 38.7. The number of benzene rings is 1. The third-order valence-corrected chi connectivity index (χ3v) is 3.98. The molecule has 1 atom stereocenters. The second kappa shape index (κ2) is 13.0. The van der Waals surface area contributed by atoms with E-state index in [1.54, 1.807) is 13.8 Å². The predicted molar refractivity (Wildman–Crippen MR) is 113 cm³/mol. The van der Waals surface area contributed by atoms with Crippen LogP contribution in [0.2, 0.25) is 0 Å². The van der Waals surface area contributed by atoms with Crippen molar-refractivity contribution >= 4 is 17.8 Å². The van der Waals surface area contributed by atoms with Gasteiger partial charge in [0.15, 0.2) is 0 Å². The van der Waals surface area contributed by atoms with E-state index in [2.05, 4.69) is 5.32 Å². The number of hydrogen-bond donors (Lipinski definition) is 1. The maximum atomic E-state index is 12.7. The summed E-state index contributed by atoms with van der Waals surface area (Å²) in [5.74, 6) is -1.41. The summed E-state index contributed by atoms with van der Waals surface area (Å²) in [7, 11) is 0. The smallest absolute Gasteiger partial charge is 0.320 e. The summed E-state index contributed by atoms with van der Waals surface area (Å²) in [6, 6.07) is 8.42. The molecule has 8 nitrogen and oxygen atoms in total. The zero-order valence-corrected chi connectivity index (χ0v) is 18.6. The topological polar surface area (TPSA) is 94.2 Å². The number of likely N-dealkylation sites (N-methyl/N-ethyl adjacent to an activating group) is 1. The number of nitrogens with one attached hydrogen (secondary N) is 1. The largest absolute Gasteiger partial charge is 0.465 e. The zero-order chi connectivity index (χ0) is 22.6. The summed E-state index contributed by atoms with van der Waals surface area (Å²) in [5, 5.41) is 2.73. The summed E-state index contributed by atoms with van der Waals surface area (Å²) in [6.45, 7) is 9.35. The summed E-state index contributed by atoms with van der Waals surface area (Å²) >= 11 is 0. The third kappa shape index (κ3) is 10.4. The van der Waals surface area contributed by atoms with Crippen LogP contribution in [0.4, 0.5) is 0 Å². The Balaban J connectivity index is 2.92. The van der Waals surface area contributed by atoms with Crippen molar-refractivity contribution < 1.29 is 28.6 Å². The van der Waals surface area contributed by atoms with E-state index in [1.165, 1.54) is 4.90 Å². The van der Waals surface area contributed by atoms with Crippen molar-refractivity contribution in [1.29, 1.82) is 0 Å². The van der Waals surface area contributed by atoms with Crippen LogP contribution in [0.3, 0.4) is 0 Å². The highest BCUT2D eigenvalue weighted by atomic mass is 16.5. The Morgan fingerprint density at radius 3 is 2.13 bits per heavy atom. The van der Waals surface area contributed by atoms with Crippen LogP contribution < -0.4 is 5.32 Å². The molecule has 1 N–H and O–H groups in total. The molecule has 1 aromatic rings. The lowest BCUT2D eigenvalue weighted by atomic mass is 10.1. The Kier molecular flexibility index (Phi) is 11.1. The molecule has 168 valence electrons. The zero-order valence-electron chi connectivity index (χ0n) is 18.6. The molecule has 0 fully saturated rings. The van der Waals surface area contributed by atoms with Crippen LogP contribution in [0.5, 0.6) is 0 Å². The van der Waals surface area contributed by atoms with E-state index < -0.39 is 23.6 Å². The standard InChI is InChI=1S/C22H34N2O6/c1-6-23-21(27)18(16-30-22(3,4)5)24(13-19(25)28-7-2)14-20(26)29-15-17-11-9-8-10-12-17/h8-12,18H,6-7,13-16H2,1-5H3,(H,23,27). The summed E-state index contributed by atoms with van der Waals surface area (Å²) in [5.41, 5.74) is 0.355. The minimum absolute atomic E-state index is 0.0146.